The molecule has 2 fully saturated rings. The molecular formula is C24H27N3O4S. The first-order valence-corrected chi connectivity index (χ1v) is 12.4. The van der Waals surface area contributed by atoms with Crippen LogP contribution in [0.5, 0.6) is 0 Å². The fourth-order valence-electron chi connectivity index (χ4n) is 3.70. The molecule has 0 radical (unpaired) electrons. The van der Waals surface area contributed by atoms with Crippen molar-refractivity contribution in [3.63, 3.8) is 0 Å². The van der Waals surface area contributed by atoms with Crippen LogP contribution < -0.4 is 10.6 Å². The summed E-state index contributed by atoms with van der Waals surface area (Å²) in [6.45, 7) is 0.562. The van der Waals surface area contributed by atoms with Crippen LogP contribution in [-0.4, -0.2) is 43.7 Å². The first-order valence-electron chi connectivity index (χ1n) is 10.9. The Kier molecular flexibility index (Phi) is 6.72. The number of benzene rings is 2. The van der Waals surface area contributed by atoms with Gasteiger partial charge in [0.2, 0.25) is 15.9 Å². The van der Waals surface area contributed by atoms with Crippen molar-refractivity contribution in [3.8, 4) is 0 Å². The third-order valence-electron chi connectivity index (χ3n) is 5.76. The van der Waals surface area contributed by atoms with E-state index >= 15 is 0 Å². The quantitative estimate of drug-likeness (QED) is 0.673. The minimum Gasteiger partial charge on any atom is -0.349 e. The van der Waals surface area contributed by atoms with Crippen molar-refractivity contribution in [3.05, 3.63) is 71.1 Å². The van der Waals surface area contributed by atoms with Gasteiger partial charge < -0.3 is 10.6 Å². The van der Waals surface area contributed by atoms with Gasteiger partial charge in [0.1, 0.15) is 0 Å². The molecule has 2 aliphatic rings. The Morgan fingerprint density at radius 3 is 2.25 bits per heavy atom. The van der Waals surface area contributed by atoms with E-state index in [0.29, 0.717) is 24.1 Å². The van der Waals surface area contributed by atoms with Crippen molar-refractivity contribution in [1.29, 1.82) is 0 Å². The third-order valence-corrected chi connectivity index (χ3v) is 7.32. The minimum absolute atomic E-state index is 0.186. The smallest absolute Gasteiger partial charge is 0.253 e. The summed E-state index contributed by atoms with van der Waals surface area (Å²) in [5.41, 5.74) is 1.74. The Bertz CT molecular complexity index is 1100. The number of nitrogens with one attached hydrogen (secondary N) is 2. The molecule has 0 bridgehead atoms. The molecule has 8 heteroatoms. The molecule has 32 heavy (non-hydrogen) atoms. The van der Waals surface area contributed by atoms with Crippen molar-refractivity contribution >= 4 is 33.6 Å². The molecule has 168 valence electrons. The summed E-state index contributed by atoms with van der Waals surface area (Å²) >= 11 is 0. The lowest BCUT2D eigenvalue weighted by atomic mass is 9.97. The SMILES string of the molecule is O=C(NC1CC1)c1ccccc1NC(=O)C1CCN(S(=O)(=O)C=Cc2ccccc2)CC1. The number of rotatable bonds is 7. The zero-order chi connectivity index (χ0) is 22.6. The number of para-hydroxylation sites is 1. The van der Waals surface area contributed by atoms with Crippen LogP contribution in [0.4, 0.5) is 5.69 Å². The van der Waals surface area contributed by atoms with Gasteiger partial charge in [0.25, 0.3) is 5.91 Å². The summed E-state index contributed by atoms with van der Waals surface area (Å²) in [5, 5.41) is 7.03. The summed E-state index contributed by atoms with van der Waals surface area (Å²) in [5.74, 6) is -0.679. The molecule has 2 aromatic carbocycles. The highest BCUT2D eigenvalue weighted by atomic mass is 32.2. The highest BCUT2D eigenvalue weighted by Gasteiger charge is 2.31. The first kappa shape index (κ1) is 22.2. The lowest BCUT2D eigenvalue weighted by molar-refractivity contribution is -0.120. The number of carbonyl (C=O) groups excluding carboxylic acids is 2. The topological polar surface area (TPSA) is 95.6 Å². The summed E-state index contributed by atoms with van der Waals surface area (Å²) < 4.78 is 26.7. The Morgan fingerprint density at radius 2 is 1.56 bits per heavy atom. The van der Waals surface area contributed by atoms with E-state index in [2.05, 4.69) is 10.6 Å². The molecule has 2 N–H and O–H groups in total. The molecule has 1 saturated carbocycles. The molecule has 0 unspecified atom stereocenters. The van der Waals surface area contributed by atoms with E-state index < -0.39 is 10.0 Å². The maximum Gasteiger partial charge on any atom is 0.253 e. The summed E-state index contributed by atoms with van der Waals surface area (Å²) in [7, 11) is -3.55. The van der Waals surface area contributed by atoms with Gasteiger partial charge in [-0.2, -0.15) is 4.31 Å². The average Bonchev–Trinajstić information content (AvgIpc) is 3.63. The second kappa shape index (κ2) is 9.67. The van der Waals surface area contributed by atoms with Crippen LogP contribution in [0.2, 0.25) is 0 Å². The van der Waals surface area contributed by atoms with E-state index in [-0.39, 0.29) is 36.9 Å². The minimum atomic E-state index is -3.55. The number of anilines is 1. The lowest BCUT2D eigenvalue weighted by Gasteiger charge is -2.29. The number of carbonyl (C=O) groups is 2. The van der Waals surface area contributed by atoms with Gasteiger partial charge in [-0.15, -0.1) is 0 Å². The van der Waals surface area contributed by atoms with Gasteiger partial charge in [-0.3, -0.25) is 9.59 Å². The highest BCUT2D eigenvalue weighted by Crippen LogP contribution is 2.25. The number of hydrogen-bond donors (Lipinski definition) is 2. The molecule has 2 aromatic rings. The molecule has 2 amide bonds. The molecule has 0 aromatic heterocycles. The third kappa shape index (κ3) is 5.63. The van der Waals surface area contributed by atoms with Crippen molar-refractivity contribution in [2.75, 3.05) is 18.4 Å². The molecule has 4 rings (SSSR count). The van der Waals surface area contributed by atoms with Crippen LogP contribution >= 0.6 is 0 Å². The van der Waals surface area contributed by atoms with Gasteiger partial charge >= 0.3 is 0 Å². The predicted molar refractivity (Wildman–Crippen MR) is 124 cm³/mol. The molecular weight excluding hydrogens is 426 g/mol. The van der Waals surface area contributed by atoms with Gasteiger partial charge in [-0.1, -0.05) is 42.5 Å². The molecule has 1 aliphatic carbocycles. The number of sulfonamides is 1. The van der Waals surface area contributed by atoms with Crippen molar-refractivity contribution in [1.82, 2.24) is 9.62 Å². The van der Waals surface area contributed by atoms with E-state index in [1.165, 1.54) is 9.71 Å². The predicted octanol–water partition coefficient (Wildman–Crippen LogP) is 3.23. The zero-order valence-corrected chi connectivity index (χ0v) is 18.6. The van der Waals surface area contributed by atoms with Crippen LogP contribution in [-0.2, 0) is 14.8 Å². The van der Waals surface area contributed by atoms with E-state index in [4.69, 9.17) is 0 Å². The molecule has 7 nitrogen and oxygen atoms in total. The monoisotopic (exact) mass is 453 g/mol. The van der Waals surface area contributed by atoms with E-state index in [0.717, 1.165) is 18.4 Å². The van der Waals surface area contributed by atoms with E-state index in [1.54, 1.807) is 30.3 Å². The number of hydrogen-bond acceptors (Lipinski definition) is 4. The molecule has 1 aliphatic heterocycles. The van der Waals surface area contributed by atoms with Crippen LogP contribution in [0, 0.1) is 5.92 Å². The lowest BCUT2D eigenvalue weighted by Crippen LogP contribution is -2.40. The van der Waals surface area contributed by atoms with Crippen molar-refractivity contribution < 1.29 is 18.0 Å². The maximum atomic E-state index is 12.8. The standard InChI is InChI=1S/C24H27N3O4S/c28-23(26-22-9-5-4-8-21(22)24(29)25-20-10-11-20)19-12-15-27(16-13-19)32(30,31)17-14-18-6-2-1-3-7-18/h1-9,14,17,19-20H,10-13,15-16H2,(H,25,29)(H,26,28). The van der Waals surface area contributed by atoms with Crippen LogP contribution in [0.3, 0.4) is 0 Å². The van der Waals surface area contributed by atoms with Crippen molar-refractivity contribution in [2.24, 2.45) is 5.92 Å². The number of nitrogens with zero attached hydrogens (tertiary/aromatic N) is 1. The summed E-state index contributed by atoms with van der Waals surface area (Å²) in [6, 6.07) is 16.4. The average molecular weight is 454 g/mol. The van der Waals surface area contributed by atoms with Gasteiger partial charge in [-0.25, -0.2) is 8.42 Å². The van der Waals surface area contributed by atoms with E-state index in [1.807, 2.05) is 30.3 Å². The Hall–Kier alpha value is -2.97. The molecule has 0 atom stereocenters. The van der Waals surface area contributed by atoms with Gasteiger partial charge in [-0.05, 0) is 49.5 Å². The fourth-order valence-corrected chi connectivity index (χ4v) is 4.92. The Morgan fingerprint density at radius 1 is 0.906 bits per heavy atom. The Labute approximate surface area is 188 Å². The highest BCUT2D eigenvalue weighted by molar-refractivity contribution is 7.92. The fraction of sp³-hybridized carbons (Fsp3) is 0.333. The van der Waals surface area contributed by atoms with E-state index in [9.17, 15) is 18.0 Å². The second-order valence-corrected chi connectivity index (χ2v) is 10.0. The molecule has 1 saturated heterocycles. The maximum absolute atomic E-state index is 12.8. The second-order valence-electron chi connectivity index (χ2n) is 8.21. The van der Waals surface area contributed by atoms with Gasteiger partial charge in [0.15, 0.2) is 0 Å². The Balaban J connectivity index is 1.34. The molecule has 0 spiro atoms. The zero-order valence-electron chi connectivity index (χ0n) is 17.7. The van der Waals surface area contributed by atoms with Crippen LogP contribution in [0.1, 0.15) is 41.6 Å². The van der Waals surface area contributed by atoms with Crippen LogP contribution in [0.15, 0.2) is 60.0 Å². The van der Waals surface area contributed by atoms with Crippen molar-refractivity contribution in [2.45, 2.75) is 31.7 Å². The molecule has 1 heterocycles. The van der Waals surface area contributed by atoms with Crippen LogP contribution in [0.25, 0.3) is 6.08 Å². The van der Waals surface area contributed by atoms with Gasteiger partial charge in [0.05, 0.1) is 11.3 Å². The number of amides is 2. The largest absolute Gasteiger partial charge is 0.349 e. The summed E-state index contributed by atoms with van der Waals surface area (Å²) in [6.07, 6.45) is 4.42. The van der Waals surface area contributed by atoms with Gasteiger partial charge in [0, 0.05) is 30.5 Å². The first-order chi connectivity index (χ1) is 15.4. The normalized spacial score (nSPS) is 17.9. The summed E-state index contributed by atoms with van der Waals surface area (Å²) in [4.78, 5) is 25.3. The number of piperidine rings is 1.